The second-order valence-corrected chi connectivity index (χ2v) is 9.75. The predicted octanol–water partition coefficient (Wildman–Crippen LogP) is 3.23. The monoisotopic (exact) mass is 493 g/mol. The lowest BCUT2D eigenvalue weighted by Crippen LogP contribution is -2.43. The Morgan fingerprint density at radius 3 is 2.50 bits per heavy atom. The molecule has 1 aliphatic heterocycles. The Bertz CT molecular complexity index is 1180. The van der Waals surface area contributed by atoms with Crippen LogP contribution in [0.2, 0.25) is 0 Å². The molecule has 34 heavy (non-hydrogen) atoms. The first-order chi connectivity index (χ1) is 16.2. The van der Waals surface area contributed by atoms with E-state index in [1.165, 1.54) is 40.6 Å². The van der Waals surface area contributed by atoms with Crippen LogP contribution in [0.1, 0.15) is 24.0 Å². The van der Waals surface area contributed by atoms with Gasteiger partial charge in [0.05, 0.1) is 17.6 Å². The lowest BCUT2D eigenvalue weighted by Gasteiger charge is -2.32. The topological polar surface area (TPSA) is 99.9 Å². The first-order valence-corrected chi connectivity index (χ1v) is 12.0. The smallest absolute Gasteiger partial charge is 0.387 e. The molecule has 0 saturated carbocycles. The lowest BCUT2D eigenvalue weighted by atomic mass is 9.96. The molecule has 0 spiro atoms. The van der Waals surface area contributed by atoms with Gasteiger partial charge < -0.3 is 14.4 Å². The molecule has 1 saturated heterocycles. The van der Waals surface area contributed by atoms with Gasteiger partial charge in [-0.1, -0.05) is 18.2 Å². The van der Waals surface area contributed by atoms with Gasteiger partial charge in [-0.15, -0.1) is 0 Å². The SMILES string of the molecule is COc1cc(CN(C)C(=O)C2CCN(S(=O)(=O)c3ccccc3C#N)CC2)ccc1OC(F)F. The average Bonchev–Trinajstić information content (AvgIpc) is 2.84. The van der Waals surface area contributed by atoms with Crippen molar-refractivity contribution in [2.24, 2.45) is 5.92 Å². The number of alkyl halides is 2. The fourth-order valence-electron chi connectivity index (χ4n) is 3.93. The Hall–Kier alpha value is -3.23. The molecule has 0 unspecified atom stereocenters. The second-order valence-electron chi connectivity index (χ2n) is 7.84. The molecule has 0 aromatic heterocycles. The highest BCUT2D eigenvalue weighted by Gasteiger charge is 2.34. The van der Waals surface area contributed by atoms with Gasteiger partial charge in [0, 0.05) is 32.6 Å². The van der Waals surface area contributed by atoms with Gasteiger partial charge >= 0.3 is 6.61 Å². The van der Waals surface area contributed by atoms with Crippen molar-refractivity contribution in [3.05, 3.63) is 53.6 Å². The van der Waals surface area contributed by atoms with Crippen molar-refractivity contribution in [1.82, 2.24) is 9.21 Å². The van der Waals surface area contributed by atoms with Crippen LogP contribution in [0.25, 0.3) is 0 Å². The number of piperidine rings is 1. The molecular formula is C23H25F2N3O5S. The molecule has 1 heterocycles. The van der Waals surface area contributed by atoms with Crippen LogP contribution < -0.4 is 9.47 Å². The quantitative estimate of drug-likeness (QED) is 0.560. The van der Waals surface area contributed by atoms with E-state index in [9.17, 15) is 27.3 Å². The summed E-state index contributed by atoms with van der Waals surface area (Å²) in [4.78, 5) is 14.4. The Labute approximate surface area is 197 Å². The molecule has 0 N–H and O–H groups in total. The first kappa shape index (κ1) is 25.4. The maximum absolute atomic E-state index is 13.0. The number of hydrogen-bond acceptors (Lipinski definition) is 6. The van der Waals surface area contributed by atoms with Gasteiger partial charge in [-0.3, -0.25) is 4.79 Å². The van der Waals surface area contributed by atoms with Crippen LogP contribution in [0.5, 0.6) is 11.5 Å². The van der Waals surface area contributed by atoms with Crippen molar-refractivity contribution in [3.8, 4) is 17.6 Å². The third-order valence-electron chi connectivity index (χ3n) is 5.67. The van der Waals surface area contributed by atoms with E-state index in [0.717, 1.165) is 0 Å². The summed E-state index contributed by atoms with van der Waals surface area (Å²) in [6.45, 7) is -2.43. The number of methoxy groups -OCH3 is 1. The van der Waals surface area contributed by atoms with E-state index < -0.39 is 16.6 Å². The number of carbonyl (C=O) groups excluding carboxylic acids is 1. The van der Waals surface area contributed by atoms with Gasteiger partial charge in [0.25, 0.3) is 0 Å². The first-order valence-electron chi connectivity index (χ1n) is 10.5. The van der Waals surface area contributed by atoms with Gasteiger partial charge in [0.1, 0.15) is 6.07 Å². The Balaban J connectivity index is 1.62. The summed E-state index contributed by atoms with van der Waals surface area (Å²) in [5, 5.41) is 9.23. The van der Waals surface area contributed by atoms with Crippen molar-refractivity contribution in [1.29, 1.82) is 5.26 Å². The number of halogens is 2. The maximum atomic E-state index is 13.0. The zero-order chi connectivity index (χ0) is 24.9. The minimum atomic E-state index is -3.84. The Morgan fingerprint density at radius 1 is 1.21 bits per heavy atom. The summed E-state index contributed by atoms with van der Waals surface area (Å²) >= 11 is 0. The van der Waals surface area contributed by atoms with Gasteiger partial charge in [-0.2, -0.15) is 18.3 Å². The van der Waals surface area contributed by atoms with Gasteiger partial charge in [-0.25, -0.2) is 8.42 Å². The number of benzene rings is 2. The van der Waals surface area contributed by atoms with Crippen molar-refractivity contribution in [2.75, 3.05) is 27.2 Å². The van der Waals surface area contributed by atoms with E-state index in [1.54, 1.807) is 25.2 Å². The minimum absolute atomic E-state index is 0.0346. The number of sulfonamides is 1. The van der Waals surface area contributed by atoms with Crippen LogP contribution in [0.15, 0.2) is 47.4 Å². The molecule has 11 heteroatoms. The van der Waals surface area contributed by atoms with Crippen LogP contribution >= 0.6 is 0 Å². The molecule has 0 bridgehead atoms. The molecule has 1 aliphatic rings. The van der Waals surface area contributed by atoms with E-state index in [4.69, 9.17) is 4.74 Å². The molecule has 2 aromatic carbocycles. The fourth-order valence-corrected chi connectivity index (χ4v) is 5.55. The summed E-state index contributed by atoms with van der Waals surface area (Å²) in [5.41, 5.74) is 0.753. The normalized spacial score (nSPS) is 15.1. The molecule has 8 nitrogen and oxygen atoms in total. The van der Waals surface area contributed by atoms with Crippen LogP contribution in [0.4, 0.5) is 8.78 Å². The maximum Gasteiger partial charge on any atom is 0.387 e. The van der Waals surface area contributed by atoms with Crippen LogP contribution in [-0.2, 0) is 21.4 Å². The molecule has 1 amide bonds. The second kappa shape index (κ2) is 10.8. The van der Waals surface area contributed by atoms with Crippen LogP contribution in [-0.4, -0.2) is 57.4 Å². The summed E-state index contributed by atoms with van der Waals surface area (Å²) in [6, 6.07) is 12.4. The van der Waals surface area contributed by atoms with Crippen LogP contribution in [0, 0.1) is 17.2 Å². The largest absolute Gasteiger partial charge is 0.493 e. The van der Waals surface area contributed by atoms with Gasteiger partial charge in [0.15, 0.2) is 11.5 Å². The summed E-state index contributed by atoms with van der Waals surface area (Å²) < 4.78 is 61.8. The van der Waals surface area contributed by atoms with Crippen molar-refractivity contribution in [2.45, 2.75) is 30.9 Å². The van der Waals surface area contributed by atoms with Gasteiger partial charge in [-0.05, 0) is 42.7 Å². The Morgan fingerprint density at radius 2 is 1.88 bits per heavy atom. The fraction of sp³-hybridized carbons (Fsp3) is 0.391. The zero-order valence-electron chi connectivity index (χ0n) is 18.8. The number of carbonyl (C=O) groups is 1. The van der Waals surface area contributed by atoms with E-state index in [2.05, 4.69) is 4.74 Å². The number of ether oxygens (including phenoxy) is 2. The third kappa shape index (κ3) is 5.63. The predicted molar refractivity (Wildman–Crippen MR) is 119 cm³/mol. The summed E-state index contributed by atoms with van der Waals surface area (Å²) in [5.74, 6) is -0.455. The molecular weight excluding hydrogens is 468 g/mol. The number of hydrogen-bond donors (Lipinski definition) is 0. The van der Waals surface area contributed by atoms with E-state index >= 15 is 0 Å². The minimum Gasteiger partial charge on any atom is -0.493 e. The van der Waals surface area contributed by atoms with E-state index in [-0.39, 0.29) is 53.4 Å². The molecule has 0 aliphatic carbocycles. The Kier molecular flexibility index (Phi) is 8.06. The number of nitrogens with zero attached hydrogens (tertiary/aromatic N) is 3. The highest BCUT2D eigenvalue weighted by Crippen LogP contribution is 2.31. The summed E-state index contributed by atoms with van der Waals surface area (Å²) in [6.07, 6.45) is 0.698. The highest BCUT2D eigenvalue weighted by molar-refractivity contribution is 7.89. The van der Waals surface area contributed by atoms with E-state index in [1.807, 2.05) is 6.07 Å². The van der Waals surface area contributed by atoms with Crippen molar-refractivity contribution in [3.63, 3.8) is 0 Å². The molecule has 1 fully saturated rings. The summed E-state index contributed by atoms with van der Waals surface area (Å²) in [7, 11) is -0.870. The highest BCUT2D eigenvalue weighted by atomic mass is 32.2. The average molecular weight is 494 g/mol. The van der Waals surface area contributed by atoms with E-state index in [0.29, 0.717) is 18.4 Å². The van der Waals surface area contributed by atoms with Crippen LogP contribution in [0.3, 0.4) is 0 Å². The number of rotatable bonds is 8. The molecule has 0 atom stereocenters. The van der Waals surface area contributed by atoms with Crippen molar-refractivity contribution < 1.29 is 31.5 Å². The van der Waals surface area contributed by atoms with Crippen molar-refractivity contribution >= 4 is 15.9 Å². The molecule has 2 aromatic rings. The third-order valence-corrected chi connectivity index (χ3v) is 7.63. The zero-order valence-corrected chi connectivity index (χ0v) is 19.6. The van der Waals surface area contributed by atoms with Gasteiger partial charge in [0.2, 0.25) is 15.9 Å². The lowest BCUT2D eigenvalue weighted by molar-refractivity contribution is -0.135. The number of amides is 1. The molecule has 3 rings (SSSR count). The molecule has 182 valence electrons. The number of nitriles is 1. The standard InChI is InChI=1S/C23H25F2N3O5S/c1-27(15-16-7-8-19(33-23(24)25)20(13-16)32-2)22(29)17-9-11-28(12-10-17)34(30,31)21-6-4-3-5-18(21)14-26/h3-8,13,17,23H,9-12,15H2,1-2H3. The molecule has 0 radical (unpaired) electrons.